The van der Waals surface area contributed by atoms with Crippen LogP contribution in [0, 0.1) is 6.92 Å². The fourth-order valence-electron chi connectivity index (χ4n) is 2.79. The maximum Gasteiger partial charge on any atom is 0.274 e. The van der Waals surface area contributed by atoms with E-state index in [-0.39, 0.29) is 11.9 Å². The molecule has 3 heterocycles. The van der Waals surface area contributed by atoms with Crippen LogP contribution in [0.25, 0.3) is 0 Å². The van der Waals surface area contributed by atoms with Crippen LogP contribution in [0.4, 0.5) is 5.82 Å². The minimum atomic E-state index is 0.000792. The molecule has 1 aliphatic rings. The second-order valence-electron chi connectivity index (χ2n) is 5.95. The molecule has 24 heavy (non-hydrogen) atoms. The van der Waals surface area contributed by atoms with E-state index in [2.05, 4.69) is 20.4 Å². The molecular weight excluding hydrogens is 308 g/mol. The number of amides is 1. The van der Waals surface area contributed by atoms with Crippen LogP contribution in [0.5, 0.6) is 5.88 Å². The summed E-state index contributed by atoms with van der Waals surface area (Å²) < 4.78 is 6.83. The highest BCUT2D eigenvalue weighted by Gasteiger charge is 2.25. The number of carbonyl (C=O) groups excluding carboxylic acids is 1. The van der Waals surface area contributed by atoms with Gasteiger partial charge in [0.15, 0.2) is 5.69 Å². The van der Waals surface area contributed by atoms with Crippen LogP contribution in [0.2, 0.25) is 0 Å². The molecule has 1 fully saturated rings. The average molecular weight is 330 g/mol. The first-order valence-electron chi connectivity index (χ1n) is 7.99. The number of carbonyl (C=O) groups is 1. The molecule has 0 atom stereocenters. The molecule has 2 aromatic rings. The van der Waals surface area contributed by atoms with Crippen LogP contribution < -0.4 is 10.1 Å². The Bertz CT molecular complexity index is 702. The lowest BCUT2D eigenvalue weighted by molar-refractivity contribution is 0.0711. The molecule has 0 bridgehead atoms. The number of ether oxygens (including phenoxy) is 1. The number of likely N-dealkylation sites (tertiary alicyclic amines) is 1. The lowest BCUT2D eigenvalue weighted by Gasteiger charge is -2.32. The van der Waals surface area contributed by atoms with Gasteiger partial charge in [0.1, 0.15) is 12.1 Å². The summed E-state index contributed by atoms with van der Waals surface area (Å²) in [5, 5.41) is 7.65. The van der Waals surface area contributed by atoms with Gasteiger partial charge in [-0.3, -0.25) is 9.48 Å². The van der Waals surface area contributed by atoms with E-state index in [1.54, 1.807) is 17.9 Å². The second kappa shape index (κ2) is 6.86. The minimum Gasteiger partial charge on any atom is -0.481 e. The van der Waals surface area contributed by atoms with Gasteiger partial charge in [-0.15, -0.1) is 0 Å². The van der Waals surface area contributed by atoms with Crippen molar-refractivity contribution in [3.63, 3.8) is 0 Å². The molecule has 0 aliphatic carbocycles. The smallest absolute Gasteiger partial charge is 0.274 e. The molecule has 0 saturated carbocycles. The van der Waals surface area contributed by atoms with Gasteiger partial charge in [-0.1, -0.05) is 0 Å². The lowest BCUT2D eigenvalue weighted by Crippen LogP contribution is -2.42. The van der Waals surface area contributed by atoms with Gasteiger partial charge >= 0.3 is 0 Å². The fraction of sp³-hybridized carbons (Fsp3) is 0.500. The zero-order chi connectivity index (χ0) is 17.1. The van der Waals surface area contributed by atoms with Crippen molar-refractivity contribution in [2.45, 2.75) is 25.8 Å². The molecule has 8 nitrogen and oxygen atoms in total. The summed E-state index contributed by atoms with van der Waals surface area (Å²) in [6.45, 7) is 3.35. The van der Waals surface area contributed by atoms with Gasteiger partial charge < -0.3 is 15.0 Å². The van der Waals surface area contributed by atoms with Crippen molar-refractivity contribution in [1.29, 1.82) is 0 Å². The first kappa shape index (κ1) is 16.2. The number of anilines is 1. The van der Waals surface area contributed by atoms with E-state index in [0.717, 1.165) is 24.4 Å². The number of hydrogen-bond acceptors (Lipinski definition) is 6. The zero-order valence-corrected chi connectivity index (χ0v) is 14.2. The molecule has 128 valence electrons. The van der Waals surface area contributed by atoms with Crippen molar-refractivity contribution in [3.05, 3.63) is 29.8 Å². The van der Waals surface area contributed by atoms with Crippen molar-refractivity contribution in [2.75, 3.05) is 25.5 Å². The number of hydrogen-bond donors (Lipinski definition) is 1. The predicted molar refractivity (Wildman–Crippen MR) is 89.1 cm³/mol. The van der Waals surface area contributed by atoms with E-state index >= 15 is 0 Å². The molecule has 1 saturated heterocycles. The van der Waals surface area contributed by atoms with Gasteiger partial charge in [0.2, 0.25) is 5.88 Å². The lowest BCUT2D eigenvalue weighted by atomic mass is 10.0. The molecule has 1 aliphatic heterocycles. The molecule has 0 unspecified atom stereocenters. The Hall–Kier alpha value is -2.64. The Labute approximate surface area is 140 Å². The third kappa shape index (κ3) is 3.47. The average Bonchev–Trinajstić information content (AvgIpc) is 2.94. The van der Waals surface area contributed by atoms with Crippen LogP contribution in [0.1, 0.15) is 29.0 Å². The number of nitrogens with one attached hydrogen (secondary N) is 1. The Morgan fingerprint density at radius 2 is 2.04 bits per heavy atom. The van der Waals surface area contributed by atoms with E-state index in [1.165, 1.54) is 6.33 Å². The van der Waals surface area contributed by atoms with Crippen LogP contribution >= 0.6 is 0 Å². The highest BCUT2D eigenvalue weighted by atomic mass is 16.5. The molecule has 8 heteroatoms. The largest absolute Gasteiger partial charge is 0.481 e. The maximum atomic E-state index is 12.5. The molecule has 1 N–H and O–H groups in total. The summed E-state index contributed by atoms with van der Waals surface area (Å²) in [6, 6.07) is 3.88. The fourth-order valence-corrected chi connectivity index (χ4v) is 2.79. The summed E-state index contributed by atoms with van der Waals surface area (Å²) in [6.07, 6.45) is 3.21. The summed E-state index contributed by atoms with van der Waals surface area (Å²) in [5.41, 5.74) is 1.49. The summed E-state index contributed by atoms with van der Waals surface area (Å²) in [5.74, 6) is 1.28. The van der Waals surface area contributed by atoms with Gasteiger partial charge in [-0.25, -0.2) is 9.97 Å². The van der Waals surface area contributed by atoms with Crippen molar-refractivity contribution in [2.24, 2.45) is 7.05 Å². The topological polar surface area (TPSA) is 85.2 Å². The SMILES string of the molecule is COc1cc(NC2CCN(C(=O)c3cc(C)n(C)n3)CC2)ncn1. The number of nitrogens with zero attached hydrogens (tertiary/aromatic N) is 5. The predicted octanol–water partition coefficient (Wildman–Crippen LogP) is 1.24. The number of rotatable bonds is 4. The van der Waals surface area contributed by atoms with E-state index in [0.29, 0.717) is 24.7 Å². The van der Waals surface area contributed by atoms with Crippen molar-refractivity contribution in [3.8, 4) is 5.88 Å². The maximum absolute atomic E-state index is 12.5. The molecule has 3 rings (SSSR count). The zero-order valence-electron chi connectivity index (χ0n) is 14.2. The highest BCUT2D eigenvalue weighted by molar-refractivity contribution is 5.92. The van der Waals surface area contributed by atoms with Crippen molar-refractivity contribution < 1.29 is 9.53 Å². The summed E-state index contributed by atoms with van der Waals surface area (Å²) in [4.78, 5) is 22.6. The molecule has 1 amide bonds. The van der Waals surface area contributed by atoms with Crippen molar-refractivity contribution >= 4 is 11.7 Å². The van der Waals surface area contributed by atoms with Crippen LogP contribution in [0.15, 0.2) is 18.5 Å². The van der Waals surface area contributed by atoms with E-state index in [9.17, 15) is 4.79 Å². The molecule has 0 spiro atoms. The number of piperidine rings is 1. The van der Waals surface area contributed by atoms with Gasteiger partial charge in [0.25, 0.3) is 5.91 Å². The number of methoxy groups -OCH3 is 1. The number of aromatic nitrogens is 4. The number of aryl methyl sites for hydroxylation is 2. The summed E-state index contributed by atoms with van der Waals surface area (Å²) >= 11 is 0. The van der Waals surface area contributed by atoms with E-state index in [1.807, 2.05) is 24.9 Å². The van der Waals surface area contributed by atoms with Crippen LogP contribution in [0.3, 0.4) is 0 Å². The Morgan fingerprint density at radius 3 is 2.67 bits per heavy atom. The van der Waals surface area contributed by atoms with Crippen LogP contribution in [-0.4, -0.2) is 56.8 Å². The molecule has 0 aromatic carbocycles. The second-order valence-corrected chi connectivity index (χ2v) is 5.95. The van der Waals surface area contributed by atoms with E-state index < -0.39 is 0 Å². The van der Waals surface area contributed by atoms with Gasteiger partial charge in [0.05, 0.1) is 7.11 Å². The minimum absolute atomic E-state index is 0.000792. The molecule has 0 radical (unpaired) electrons. The van der Waals surface area contributed by atoms with E-state index in [4.69, 9.17) is 4.74 Å². The first-order chi connectivity index (χ1) is 11.6. The van der Waals surface area contributed by atoms with Crippen molar-refractivity contribution in [1.82, 2.24) is 24.6 Å². The third-order valence-corrected chi connectivity index (χ3v) is 4.32. The highest BCUT2D eigenvalue weighted by Crippen LogP contribution is 2.18. The van der Waals surface area contributed by atoms with Gasteiger partial charge in [-0.2, -0.15) is 5.10 Å². The molecular formula is C16H22N6O2. The van der Waals surface area contributed by atoms with Gasteiger partial charge in [0, 0.05) is 37.9 Å². The normalized spacial score (nSPS) is 15.4. The summed E-state index contributed by atoms with van der Waals surface area (Å²) in [7, 11) is 3.42. The standard InChI is InChI=1S/C16H22N6O2/c1-11-8-13(20-21(11)2)16(23)22-6-4-12(5-7-22)19-14-9-15(24-3)18-10-17-14/h8-10,12H,4-7H2,1-3H3,(H,17,18,19). The monoisotopic (exact) mass is 330 g/mol. The molecule has 2 aromatic heterocycles. The first-order valence-corrected chi connectivity index (χ1v) is 7.99. The van der Waals surface area contributed by atoms with Crippen LogP contribution in [-0.2, 0) is 7.05 Å². The quantitative estimate of drug-likeness (QED) is 0.908. The van der Waals surface area contributed by atoms with Gasteiger partial charge in [-0.05, 0) is 25.8 Å². The third-order valence-electron chi connectivity index (χ3n) is 4.32. The Morgan fingerprint density at radius 1 is 1.29 bits per heavy atom. The Balaban J connectivity index is 1.56. The Kier molecular flexibility index (Phi) is 4.64.